The summed E-state index contributed by atoms with van der Waals surface area (Å²) in [6.45, 7) is 9.80. The van der Waals surface area contributed by atoms with Crippen molar-refractivity contribution in [1.82, 2.24) is 0 Å². The Kier molecular flexibility index (Phi) is 7.10. The fraction of sp³-hybridized carbons (Fsp3) is 0.769. The van der Waals surface area contributed by atoms with Crippen molar-refractivity contribution in [3.8, 4) is 0 Å². The summed E-state index contributed by atoms with van der Waals surface area (Å²) in [6.07, 6.45) is 4.67. The third kappa shape index (κ3) is 6.32. The monoisotopic (exact) mass is 212 g/mol. The molecule has 0 saturated carbocycles. The third-order valence-electron chi connectivity index (χ3n) is 2.48. The highest BCUT2D eigenvalue weighted by Crippen LogP contribution is 2.15. The number of allylic oxidation sites excluding steroid dienone is 2. The number of carbonyl (C=O) groups excluding carboxylic acids is 1. The molecule has 0 aliphatic carbocycles. The van der Waals surface area contributed by atoms with Crippen molar-refractivity contribution in [2.45, 2.75) is 60.3 Å². The van der Waals surface area contributed by atoms with Gasteiger partial charge in [0.25, 0.3) is 0 Å². The zero-order valence-electron chi connectivity index (χ0n) is 10.7. The lowest BCUT2D eigenvalue weighted by atomic mass is 10.1. The molecule has 0 amide bonds. The number of hydrogen-bond donors (Lipinski definition) is 0. The van der Waals surface area contributed by atoms with Gasteiger partial charge in [-0.1, -0.05) is 33.6 Å². The molecule has 0 radical (unpaired) electrons. The summed E-state index contributed by atoms with van der Waals surface area (Å²) >= 11 is 0. The van der Waals surface area contributed by atoms with Gasteiger partial charge in [0.2, 0.25) is 0 Å². The molecule has 0 saturated heterocycles. The second kappa shape index (κ2) is 7.49. The number of unbranched alkanes of at least 4 members (excludes halogenated alkanes) is 2. The third-order valence-corrected chi connectivity index (χ3v) is 2.48. The van der Waals surface area contributed by atoms with Crippen molar-refractivity contribution in [3.63, 3.8) is 0 Å². The van der Waals surface area contributed by atoms with Gasteiger partial charge in [-0.25, -0.2) is 0 Å². The highest BCUT2D eigenvalue weighted by atomic mass is 16.5. The Hall–Kier alpha value is -0.790. The van der Waals surface area contributed by atoms with Crippen LogP contribution >= 0.6 is 0 Å². The van der Waals surface area contributed by atoms with Gasteiger partial charge in [-0.3, -0.25) is 4.79 Å². The Bertz CT molecular complexity index is 227. The molecule has 0 N–H and O–H groups in total. The van der Waals surface area contributed by atoms with Crippen molar-refractivity contribution in [1.29, 1.82) is 0 Å². The summed E-state index contributed by atoms with van der Waals surface area (Å²) in [5.41, 5.74) is 1.19. The van der Waals surface area contributed by atoms with E-state index in [1.807, 2.05) is 27.7 Å². The molecule has 0 aliphatic rings. The Morgan fingerprint density at radius 1 is 1.20 bits per heavy atom. The van der Waals surface area contributed by atoms with E-state index in [1.54, 1.807) is 0 Å². The van der Waals surface area contributed by atoms with Gasteiger partial charge in [-0.2, -0.15) is 0 Å². The van der Waals surface area contributed by atoms with E-state index in [0.717, 1.165) is 12.2 Å². The van der Waals surface area contributed by atoms with Crippen molar-refractivity contribution < 1.29 is 9.53 Å². The van der Waals surface area contributed by atoms with E-state index < -0.39 is 0 Å². The lowest BCUT2D eigenvalue weighted by Crippen LogP contribution is -2.11. The fourth-order valence-electron chi connectivity index (χ4n) is 1.17. The summed E-state index contributed by atoms with van der Waals surface area (Å²) in [7, 11) is 0. The summed E-state index contributed by atoms with van der Waals surface area (Å²) in [5, 5.41) is 0. The zero-order chi connectivity index (χ0) is 11.8. The van der Waals surface area contributed by atoms with E-state index in [1.165, 1.54) is 24.8 Å². The molecule has 0 aromatic heterocycles. The van der Waals surface area contributed by atoms with E-state index in [2.05, 4.69) is 6.92 Å². The predicted molar refractivity (Wildman–Crippen MR) is 63.4 cm³/mol. The Labute approximate surface area is 93.7 Å². The average Bonchev–Trinajstić information content (AvgIpc) is 2.17. The Morgan fingerprint density at radius 3 is 2.27 bits per heavy atom. The first kappa shape index (κ1) is 14.2. The molecular weight excluding hydrogens is 188 g/mol. The molecule has 0 rings (SSSR count). The van der Waals surface area contributed by atoms with Crippen LogP contribution in [0.15, 0.2) is 11.3 Å². The van der Waals surface area contributed by atoms with Crippen LogP contribution in [0.5, 0.6) is 0 Å². The highest BCUT2D eigenvalue weighted by Gasteiger charge is 2.10. The molecule has 0 bridgehead atoms. The molecule has 0 aromatic carbocycles. The van der Waals surface area contributed by atoms with Gasteiger partial charge in [0.1, 0.15) is 5.76 Å². The maximum Gasteiger partial charge on any atom is 0.313 e. The molecule has 0 fully saturated rings. The molecule has 88 valence electrons. The minimum absolute atomic E-state index is 0.0524. The molecule has 2 nitrogen and oxygen atoms in total. The van der Waals surface area contributed by atoms with E-state index >= 15 is 0 Å². The average molecular weight is 212 g/mol. The van der Waals surface area contributed by atoms with Gasteiger partial charge >= 0.3 is 5.97 Å². The van der Waals surface area contributed by atoms with E-state index in [-0.39, 0.29) is 11.9 Å². The summed E-state index contributed by atoms with van der Waals surface area (Å²) in [4.78, 5) is 11.3. The highest BCUT2D eigenvalue weighted by molar-refractivity contribution is 5.72. The Morgan fingerprint density at radius 2 is 1.80 bits per heavy atom. The number of ether oxygens (including phenoxy) is 1. The predicted octanol–water partition coefficient (Wildman–Crippen LogP) is 4.06. The molecular formula is C13H24O2. The van der Waals surface area contributed by atoms with Gasteiger partial charge in [0, 0.05) is 0 Å². The van der Waals surface area contributed by atoms with Crippen molar-refractivity contribution in [3.05, 3.63) is 11.3 Å². The van der Waals surface area contributed by atoms with Gasteiger partial charge in [-0.15, -0.1) is 0 Å². The maximum atomic E-state index is 11.3. The van der Waals surface area contributed by atoms with Crippen LogP contribution in [-0.2, 0) is 9.53 Å². The minimum Gasteiger partial charge on any atom is -0.431 e. The second-order valence-corrected chi connectivity index (χ2v) is 4.37. The molecule has 2 heteroatoms. The lowest BCUT2D eigenvalue weighted by Gasteiger charge is -2.10. The quantitative estimate of drug-likeness (QED) is 0.377. The van der Waals surface area contributed by atoms with Crippen LogP contribution in [0.1, 0.15) is 60.3 Å². The minimum atomic E-state index is -0.137. The molecule has 0 unspecified atom stereocenters. The summed E-state index contributed by atoms with van der Waals surface area (Å²) in [6, 6.07) is 0. The van der Waals surface area contributed by atoms with Crippen LogP contribution in [0.2, 0.25) is 0 Å². The van der Waals surface area contributed by atoms with Crippen molar-refractivity contribution >= 4 is 5.97 Å². The van der Waals surface area contributed by atoms with Crippen LogP contribution in [-0.4, -0.2) is 5.97 Å². The van der Waals surface area contributed by atoms with Gasteiger partial charge in [0.15, 0.2) is 0 Å². The molecule has 0 spiro atoms. The van der Waals surface area contributed by atoms with E-state index in [4.69, 9.17) is 4.74 Å². The molecule has 0 aliphatic heterocycles. The number of rotatable bonds is 6. The van der Waals surface area contributed by atoms with Crippen LogP contribution in [0.3, 0.4) is 0 Å². The van der Waals surface area contributed by atoms with Crippen LogP contribution < -0.4 is 0 Å². The topological polar surface area (TPSA) is 26.3 Å². The van der Waals surface area contributed by atoms with Crippen molar-refractivity contribution in [2.24, 2.45) is 5.92 Å². The van der Waals surface area contributed by atoms with Crippen LogP contribution in [0, 0.1) is 5.92 Å². The van der Waals surface area contributed by atoms with E-state index in [9.17, 15) is 4.79 Å². The molecule has 0 aromatic rings. The maximum absolute atomic E-state index is 11.3. The standard InChI is InChI=1S/C13H24O2/c1-6-7-8-9-11(4)12(5)15-13(14)10(2)3/h10H,6-9H2,1-5H3/b12-11+. The normalized spacial score (nSPS) is 12.7. The Balaban J connectivity index is 4.08. The van der Waals surface area contributed by atoms with Gasteiger partial charge in [0.05, 0.1) is 5.92 Å². The number of carbonyl (C=O) groups is 1. The molecule has 0 heterocycles. The van der Waals surface area contributed by atoms with E-state index in [0.29, 0.717) is 0 Å². The fourth-order valence-corrected chi connectivity index (χ4v) is 1.17. The van der Waals surface area contributed by atoms with Crippen LogP contribution in [0.4, 0.5) is 0 Å². The molecule has 0 atom stereocenters. The number of esters is 1. The van der Waals surface area contributed by atoms with Gasteiger partial charge < -0.3 is 4.74 Å². The first-order valence-corrected chi connectivity index (χ1v) is 5.87. The summed E-state index contributed by atoms with van der Waals surface area (Å²) < 4.78 is 5.24. The number of hydrogen-bond acceptors (Lipinski definition) is 2. The first-order valence-electron chi connectivity index (χ1n) is 5.87. The smallest absolute Gasteiger partial charge is 0.313 e. The van der Waals surface area contributed by atoms with Crippen molar-refractivity contribution in [2.75, 3.05) is 0 Å². The van der Waals surface area contributed by atoms with Crippen LogP contribution in [0.25, 0.3) is 0 Å². The van der Waals surface area contributed by atoms with Gasteiger partial charge in [-0.05, 0) is 32.3 Å². The first-order chi connectivity index (χ1) is 6.99. The zero-order valence-corrected chi connectivity index (χ0v) is 10.7. The SMILES string of the molecule is CCCCC/C(C)=C(\C)OC(=O)C(C)C. The largest absolute Gasteiger partial charge is 0.431 e. The lowest BCUT2D eigenvalue weighted by molar-refractivity contribution is -0.143. The summed E-state index contributed by atoms with van der Waals surface area (Å²) in [5.74, 6) is 0.593. The second-order valence-electron chi connectivity index (χ2n) is 4.37. The molecule has 15 heavy (non-hydrogen) atoms.